The van der Waals surface area contributed by atoms with E-state index in [9.17, 15) is 4.79 Å². The molecule has 0 heterocycles. The van der Waals surface area contributed by atoms with Crippen molar-refractivity contribution in [3.8, 4) is 0 Å². The lowest BCUT2D eigenvalue weighted by Gasteiger charge is -2.09. The van der Waals surface area contributed by atoms with Crippen LogP contribution in [-0.2, 0) is 0 Å². The quantitative estimate of drug-likeness (QED) is 0.571. The molecule has 0 aliphatic rings. The summed E-state index contributed by atoms with van der Waals surface area (Å²) in [6.07, 6.45) is 0. The van der Waals surface area contributed by atoms with Crippen LogP contribution >= 0.6 is 22.6 Å². The molecule has 4 N–H and O–H groups in total. The van der Waals surface area contributed by atoms with Crippen LogP contribution in [-0.4, -0.2) is 6.03 Å². The summed E-state index contributed by atoms with van der Waals surface area (Å²) < 4.78 is 0.984. The molecule has 2 amide bonds. The van der Waals surface area contributed by atoms with Crippen molar-refractivity contribution in [2.45, 2.75) is 0 Å². The molecule has 18 heavy (non-hydrogen) atoms. The maximum Gasteiger partial charge on any atom is 0.323 e. The summed E-state index contributed by atoms with van der Waals surface area (Å²) in [6, 6.07) is 14.3. The molecule has 2 aromatic rings. The summed E-state index contributed by atoms with van der Waals surface area (Å²) in [4.78, 5) is 11.8. The van der Waals surface area contributed by atoms with E-state index in [-0.39, 0.29) is 6.03 Å². The zero-order valence-corrected chi connectivity index (χ0v) is 11.6. The van der Waals surface area contributed by atoms with Gasteiger partial charge in [-0.15, -0.1) is 0 Å². The van der Waals surface area contributed by atoms with Crippen LogP contribution in [0.1, 0.15) is 0 Å². The van der Waals surface area contributed by atoms with Crippen molar-refractivity contribution in [3.05, 3.63) is 52.1 Å². The number of carbonyl (C=O) groups is 1. The Morgan fingerprint density at radius 3 is 2.56 bits per heavy atom. The van der Waals surface area contributed by atoms with E-state index in [2.05, 4.69) is 33.2 Å². The van der Waals surface area contributed by atoms with Crippen molar-refractivity contribution < 1.29 is 4.79 Å². The van der Waals surface area contributed by atoms with Crippen LogP contribution in [0.2, 0.25) is 0 Å². The summed E-state index contributed by atoms with van der Waals surface area (Å²) in [5, 5.41) is 5.50. The SMILES string of the molecule is Nc1cccc(NC(=O)Nc2ccccc2I)c1. The second-order valence-corrected chi connectivity index (χ2v) is 4.85. The molecule has 0 aliphatic heterocycles. The van der Waals surface area contributed by atoms with Crippen LogP contribution < -0.4 is 16.4 Å². The van der Waals surface area contributed by atoms with E-state index in [1.165, 1.54) is 0 Å². The number of halogens is 1. The van der Waals surface area contributed by atoms with Crippen LogP contribution in [0, 0.1) is 3.57 Å². The number of benzene rings is 2. The highest BCUT2D eigenvalue weighted by atomic mass is 127. The minimum Gasteiger partial charge on any atom is -0.399 e. The fourth-order valence-corrected chi connectivity index (χ4v) is 1.99. The molecule has 0 fully saturated rings. The monoisotopic (exact) mass is 353 g/mol. The molecule has 0 bridgehead atoms. The average molecular weight is 353 g/mol. The second kappa shape index (κ2) is 5.72. The molecule has 0 unspecified atom stereocenters. The van der Waals surface area contributed by atoms with E-state index < -0.39 is 0 Å². The normalized spacial score (nSPS) is 9.83. The minimum atomic E-state index is -0.287. The Balaban J connectivity index is 2.03. The van der Waals surface area contributed by atoms with Gasteiger partial charge in [-0.3, -0.25) is 0 Å². The number of nitrogen functional groups attached to an aromatic ring is 1. The maximum absolute atomic E-state index is 11.8. The smallest absolute Gasteiger partial charge is 0.323 e. The van der Waals surface area contributed by atoms with Gasteiger partial charge < -0.3 is 16.4 Å². The predicted molar refractivity (Wildman–Crippen MR) is 82.7 cm³/mol. The van der Waals surface area contributed by atoms with Crippen LogP contribution in [0.5, 0.6) is 0 Å². The van der Waals surface area contributed by atoms with Crippen molar-refractivity contribution in [3.63, 3.8) is 0 Å². The molecule has 0 radical (unpaired) electrons. The summed E-state index contributed by atoms with van der Waals surface area (Å²) in [5.74, 6) is 0. The lowest BCUT2D eigenvalue weighted by atomic mass is 10.3. The largest absolute Gasteiger partial charge is 0.399 e. The van der Waals surface area contributed by atoms with E-state index in [1.54, 1.807) is 24.3 Å². The molecule has 5 heteroatoms. The van der Waals surface area contributed by atoms with Crippen molar-refractivity contribution in [1.82, 2.24) is 0 Å². The van der Waals surface area contributed by atoms with Gasteiger partial charge in [-0.1, -0.05) is 18.2 Å². The first kappa shape index (κ1) is 12.7. The molecule has 2 rings (SSSR count). The maximum atomic E-state index is 11.8. The number of para-hydroxylation sites is 1. The highest BCUT2D eigenvalue weighted by molar-refractivity contribution is 14.1. The van der Waals surface area contributed by atoms with Crippen LogP contribution in [0.15, 0.2) is 48.5 Å². The first-order valence-electron chi connectivity index (χ1n) is 5.33. The number of carbonyl (C=O) groups excluding carboxylic acids is 1. The molecular weight excluding hydrogens is 341 g/mol. The third kappa shape index (κ3) is 3.36. The highest BCUT2D eigenvalue weighted by Gasteiger charge is 2.04. The van der Waals surface area contributed by atoms with Gasteiger partial charge in [-0.05, 0) is 52.9 Å². The van der Waals surface area contributed by atoms with E-state index >= 15 is 0 Å². The Bertz CT molecular complexity index is 572. The van der Waals surface area contributed by atoms with Gasteiger partial charge >= 0.3 is 6.03 Å². The standard InChI is InChI=1S/C13H12IN3O/c14-11-6-1-2-7-12(11)17-13(18)16-10-5-3-4-9(15)8-10/h1-8H,15H2,(H2,16,17,18). The molecule has 0 aromatic heterocycles. The number of urea groups is 1. The van der Waals surface area contributed by atoms with Gasteiger partial charge in [0.2, 0.25) is 0 Å². The Hall–Kier alpha value is -1.76. The number of anilines is 3. The number of rotatable bonds is 2. The zero-order chi connectivity index (χ0) is 13.0. The van der Waals surface area contributed by atoms with Crippen molar-refractivity contribution in [2.24, 2.45) is 0 Å². The minimum absolute atomic E-state index is 0.287. The van der Waals surface area contributed by atoms with Crippen molar-refractivity contribution >= 4 is 45.7 Å². The van der Waals surface area contributed by atoms with Gasteiger partial charge in [0.15, 0.2) is 0 Å². The molecule has 0 aliphatic carbocycles. The lowest BCUT2D eigenvalue weighted by molar-refractivity contribution is 0.262. The molecule has 0 spiro atoms. The van der Waals surface area contributed by atoms with Crippen LogP contribution in [0.3, 0.4) is 0 Å². The van der Waals surface area contributed by atoms with Gasteiger partial charge in [0.1, 0.15) is 0 Å². The van der Waals surface area contributed by atoms with Crippen molar-refractivity contribution in [1.29, 1.82) is 0 Å². The summed E-state index contributed by atoms with van der Waals surface area (Å²) in [5.41, 5.74) is 7.69. The number of amides is 2. The molecule has 0 saturated carbocycles. The van der Waals surface area contributed by atoms with E-state index in [1.807, 2.05) is 24.3 Å². The number of nitrogens with one attached hydrogen (secondary N) is 2. The molecule has 0 atom stereocenters. The number of hydrogen-bond donors (Lipinski definition) is 3. The highest BCUT2D eigenvalue weighted by Crippen LogP contribution is 2.17. The number of hydrogen-bond acceptors (Lipinski definition) is 2. The Morgan fingerprint density at radius 1 is 1.06 bits per heavy atom. The molecule has 92 valence electrons. The second-order valence-electron chi connectivity index (χ2n) is 3.68. The summed E-state index contributed by atoms with van der Waals surface area (Å²) >= 11 is 2.17. The first-order chi connectivity index (χ1) is 8.65. The van der Waals surface area contributed by atoms with Crippen LogP contribution in [0.4, 0.5) is 21.9 Å². The first-order valence-corrected chi connectivity index (χ1v) is 6.41. The summed E-state index contributed by atoms with van der Waals surface area (Å²) in [6.45, 7) is 0. The molecule has 2 aromatic carbocycles. The molecule has 0 saturated heterocycles. The number of nitrogens with two attached hydrogens (primary N) is 1. The van der Waals surface area contributed by atoms with Gasteiger partial charge in [-0.25, -0.2) is 4.79 Å². The third-order valence-corrected chi connectivity index (χ3v) is 3.21. The Morgan fingerprint density at radius 2 is 1.83 bits per heavy atom. The molecule has 4 nitrogen and oxygen atoms in total. The van der Waals surface area contributed by atoms with E-state index in [0.717, 1.165) is 9.26 Å². The van der Waals surface area contributed by atoms with Gasteiger partial charge in [-0.2, -0.15) is 0 Å². The topological polar surface area (TPSA) is 67.1 Å². The zero-order valence-electron chi connectivity index (χ0n) is 9.48. The Labute approximate surface area is 119 Å². The van der Waals surface area contributed by atoms with E-state index in [4.69, 9.17) is 5.73 Å². The molecular formula is C13H12IN3O. The van der Waals surface area contributed by atoms with Crippen LogP contribution in [0.25, 0.3) is 0 Å². The van der Waals surface area contributed by atoms with E-state index in [0.29, 0.717) is 11.4 Å². The third-order valence-electron chi connectivity index (χ3n) is 2.27. The average Bonchev–Trinajstić information content (AvgIpc) is 2.32. The Kier molecular flexibility index (Phi) is 4.03. The lowest BCUT2D eigenvalue weighted by Crippen LogP contribution is -2.19. The van der Waals surface area contributed by atoms with Gasteiger partial charge in [0, 0.05) is 14.9 Å². The fourth-order valence-electron chi connectivity index (χ4n) is 1.46. The predicted octanol–water partition coefficient (Wildman–Crippen LogP) is 3.52. The van der Waals surface area contributed by atoms with Gasteiger partial charge in [0.05, 0.1) is 5.69 Å². The van der Waals surface area contributed by atoms with Crippen molar-refractivity contribution in [2.75, 3.05) is 16.4 Å². The van der Waals surface area contributed by atoms with Gasteiger partial charge in [0.25, 0.3) is 0 Å². The summed E-state index contributed by atoms with van der Waals surface area (Å²) in [7, 11) is 0. The fraction of sp³-hybridized carbons (Fsp3) is 0.